The molecule has 0 saturated carbocycles. The van der Waals surface area contributed by atoms with Crippen molar-refractivity contribution >= 4 is 10.0 Å². The Hall–Kier alpha value is -2.59. The van der Waals surface area contributed by atoms with Gasteiger partial charge in [0.2, 0.25) is 10.0 Å². The Morgan fingerprint density at radius 3 is 2.32 bits per heavy atom. The fourth-order valence-corrected chi connectivity index (χ4v) is 5.37. The second kappa shape index (κ2) is 9.27. The van der Waals surface area contributed by atoms with Crippen LogP contribution in [0.4, 0.5) is 0 Å². The second-order valence-electron chi connectivity index (χ2n) is 7.61. The van der Waals surface area contributed by atoms with Gasteiger partial charge in [-0.05, 0) is 18.6 Å². The zero-order valence-electron chi connectivity index (χ0n) is 17.8. The molecule has 9 heteroatoms. The van der Waals surface area contributed by atoms with Gasteiger partial charge < -0.3 is 9.72 Å². The summed E-state index contributed by atoms with van der Waals surface area (Å²) in [5, 5.41) is 8.45. The highest BCUT2D eigenvalue weighted by molar-refractivity contribution is 7.89. The first-order valence-electron chi connectivity index (χ1n) is 10.3. The zero-order chi connectivity index (χ0) is 21.8. The number of aromatic nitrogens is 3. The van der Waals surface area contributed by atoms with Crippen LogP contribution in [0.5, 0.6) is 0 Å². The highest BCUT2D eigenvalue weighted by atomic mass is 32.2. The summed E-state index contributed by atoms with van der Waals surface area (Å²) in [6.07, 6.45) is 0. The maximum atomic E-state index is 13.4. The van der Waals surface area contributed by atoms with Gasteiger partial charge in [0.25, 0.3) is 0 Å². The zero-order valence-corrected chi connectivity index (χ0v) is 18.6. The molecule has 1 aliphatic rings. The molecule has 1 fully saturated rings. The molecule has 0 bridgehead atoms. The van der Waals surface area contributed by atoms with Gasteiger partial charge in [-0.3, -0.25) is 4.90 Å². The van der Waals surface area contributed by atoms with E-state index in [1.165, 1.54) is 0 Å². The lowest BCUT2D eigenvalue weighted by Gasteiger charge is -2.34. The van der Waals surface area contributed by atoms with Crippen LogP contribution in [0.2, 0.25) is 0 Å². The molecule has 2 aromatic carbocycles. The smallest absolute Gasteiger partial charge is 0.243 e. The molecule has 2 heterocycles. The average Bonchev–Trinajstić information content (AvgIpc) is 3.29. The van der Waals surface area contributed by atoms with Crippen molar-refractivity contribution in [1.29, 1.82) is 0 Å². The van der Waals surface area contributed by atoms with Crippen LogP contribution < -0.4 is 0 Å². The fraction of sp³-hybridized carbons (Fsp3) is 0.364. The Morgan fingerprint density at radius 1 is 0.968 bits per heavy atom. The van der Waals surface area contributed by atoms with Crippen molar-refractivity contribution < 1.29 is 13.2 Å². The summed E-state index contributed by atoms with van der Waals surface area (Å²) in [4.78, 5) is 5.73. The van der Waals surface area contributed by atoms with Gasteiger partial charge in [-0.25, -0.2) is 8.42 Å². The lowest BCUT2D eigenvalue weighted by Crippen LogP contribution is -2.49. The van der Waals surface area contributed by atoms with E-state index >= 15 is 0 Å². The number of ether oxygens (including phenoxy) is 1. The number of rotatable bonds is 7. The van der Waals surface area contributed by atoms with E-state index in [0.29, 0.717) is 60.5 Å². The predicted molar refractivity (Wildman–Crippen MR) is 119 cm³/mol. The molecule has 8 nitrogen and oxygen atoms in total. The Bertz CT molecular complexity index is 1120. The number of nitrogens with zero attached hydrogens (tertiary/aromatic N) is 4. The molecular weight excluding hydrogens is 414 g/mol. The summed E-state index contributed by atoms with van der Waals surface area (Å²) in [6.45, 7) is 5.62. The number of piperazine rings is 1. The van der Waals surface area contributed by atoms with E-state index in [0.717, 1.165) is 12.1 Å². The summed E-state index contributed by atoms with van der Waals surface area (Å²) >= 11 is 0. The standard InChI is InChI=1S/C22H27N5O3S/c1-17-8-9-19(22-23-21(24-25-22)18-6-4-3-5-7-18)16-20(17)31(28,29)27-12-10-26(11-13-27)14-15-30-2/h3-9,16H,10-15H2,1-2H3,(H,23,24,25). The first kappa shape index (κ1) is 21.6. The number of methoxy groups -OCH3 is 1. The van der Waals surface area contributed by atoms with Crippen LogP contribution in [0, 0.1) is 6.92 Å². The molecule has 0 unspecified atom stereocenters. The normalized spacial score (nSPS) is 15.9. The van der Waals surface area contributed by atoms with E-state index in [1.54, 1.807) is 17.5 Å². The molecule has 1 aromatic heterocycles. The van der Waals surface area contributed by atoms with Crippen molar-refractivity contribution in [2.45, 2.75) is 11.8 Å². The van der Waals surface area contributed by atoms with Gasteiger partial charge in [-0.15, -0.1) is 10.2 Å². The fourth-order valence-electron chi connectivity index (χ4n) is 3.70. The van der Waals surface area contributed by atoms with Crippen LogP contribution in [0.3, 0.4) is 0 Å². The third kappa shape index (κ3) is 4.69. The van der Waals surface area contributed by atoms with E-state index in [2.05, 4.69) is 20.1 Å². The molecule has 4 rings (SSSR count). The van der Waals surface area contributed by atoms with Crippen LogP contribution in [0.1, 0.15) is 5.56 Å². The van der Waals surface area contributed by atoms with Gasteiger partial charge in [0.1, 0.15) is 0 Å². The van der Waals surface area contributed by atoms with Gasteiger partial charge in [-0.1, -0.05) is 42.5 Å². The minimum absolute atomic E-state index is 0.313. The number of aryl methyl sites for hydroxylation is 1. The van der Waals surface area contributed by atoms with E-state index in [4.69, 9.17) is 4.74 Å². The van der Waals surface area contributed by atoms with Crippen molar-refractivity contribution in [3.8, 4) is 22.8 Å². The number of benzene rings is 2. The van der Waals surface area contributed by atoms with Crippen molar-refractivity contribution in [2.75, 3.05) is 46.4 Å². The van der Waals surface area contributed by atoms with Gasteiger partial charge >= 0.3 is 0 Å². The summed E-state index contributed by atoms with van der Waals surface area (Å²) in [6, 6.07) is 15.1. The van der Waals surface area contributed by atoms with Crippen LogP contribution in [-0.2, 0) is 14.8 Å². The quantitative estimate of drug-likeness (QED) is 0.605. The predicted octanol–water partition coefficient (Wildman–Crippen LogP) is 2.40. The molecule has 1 N–H and O–H groups in total. The second-order valence-corrected chi connectivity index (χ2v) is 9.51. The van der Waals surface area contributed by atoms with Crippen molar-refractivity contribution in [3.63, 3.8) is 0 Å². The summed E-state index contributed by atoms with van der Waals surface area (Å²) in [7, 11) is -1.92. The maximum Gasteiger partial charge on any atom is 0.243 e. The molecule has 1 saturated heterocycles. The molecular formula is C22H27N5O3S. The largest absolute Gasteiger partial charge is 0.383 e. The van der Waals surface area contributed by atoms with Crippen molar-refractivity contribution in [3.05, 3.63) is 54.1 Å². The molecule has 0 radical (unpaired) electrons. The molecule has 0 amide bonds. The highest BCUT2D eigenvalue weighted by Crippen LogP contribution is 2.27. The number of hydrogen-bond acceptors (Lipinski definition) is 6. The summed E-state index contributed by atoms with van der Waals surface area (Å²) < 4.78 is 33.4. The Labute approximate surface area is 182 Å². The SMILES string of the molecule is COCCN1CCN(S(=O)(=O)c2cc(-c3nnc(-c4ccccc4)[nH]3)ccc2C)CC1. The number of hydrogen-bond donors (Lipinski definition) is 1. The molecule has 164 valence electrons. The van der Waals surface area contributed by atoms with Crippen LogP contribution in [0.25, 0.3) is 22.8 Å². The van der Waals surface area contributed by atoms with Crippen LogP contribution in [-0.4, -0.2) is 79.2 Å². The Balaban J connectivity index is 1.56. The van der Waals surface area contributed by atoms with Gasteiger partial charge in [0, 0.05) is 51.0 Å². The van der Waals surface area contributed by atoms with Crippen molar-refractivity contribution in [2.24, 2.45) is 0 Å². The molecule has 3 aromatic rings. The third-order valence-electron chi connectivity index (χ3n) is 5.56. The number of nitrogens with one attached hydrogen (secondary N) is 1. The topological polar surface area (TPSA) is 91.4 Å². The van der Waals surface area contributed by atoms with E-state index in [-0.39, 0.29) is 0 Å². The molecule has 0 aliphatic carbocycles. The Morgan fingerprint density at radius 2 is 1.65 bits per heavy atom. The minimum atomic E-state index is -3.60. The molecule has 0 atom stereocenters. The monoisotopic (exact) mass is 441 g/mol. The molecule has 0 spiro atoms. The molecule has 31 heavy (non-hydrogen) atoms. The number of H-pyrrole nitrogens is 1. The lowest BCUT2D eigenvalue weighted by molar-refractivity contribution is 0.123. The average molecular weight is 442 g/mol. The first-order chi connectivity index (χ1) is 15.0. The van der Waals surface area contributed by atoms with Gasteiger partial charge in [-0.2, -0.15) is 4.31 Å². The van der Waals surface area contributed by atoms with Crippen LogP contribution in [0.15, 0.2) is 53.4 Å². The molecule has 1 aliphatic heterocycles. The van der Waals surface area contributed by atoms with Crippen molar-refractivity contribution in [1.82, 2.24) is 24.4 Å². The first-order valence-corrected chi connectivity index (χ1v) is 11.7. The summed E-state index contributed by atoms with van der Waals surface area (Å²) in [5.41, 5.74) is 2.33. The third-order valence-corrected chi connectivity index (χ3v) is 7.60. The maximum absolute atomic E-state index is 13.4. The van der Waals surface area contributed by atoms with E-state index < -0.39 is 10.0 Å². The minimum Gasteiger partial charge on any atom is -0.383 e. The van der Waals surface area contributed by atoms with E-state index in [1.807, 2.05) is 49.4 Å². The van der Waals surface area contributed by atoms with E-state index in [9.17, 15) is 8.42 Å². The van der Waals surface area contributed by atoms with Crippen LogP contribution >= 0.6 is 0 Å². The van der Waals surface area contributed by atoms with Gasteiger partial charge in [0.05, 0.1) is 11.5 Å². The number of aromatic amines is 1. The summed E-state index contributed by atoms with van der Waals surface area (Å²) in [5.74, 6) is 1.19. The number of sulfonamides is 1. The highest BCUT2D eigenvalue weighted by Gasteiger charge is 2.30. The van der Waals surface area contributed by atoms with Gasteiger partial charge in [0.15, 0.2) is 11.6 Å². The lowest BCUT2D eigenvalue weighted by atomic mass is 10.1. The Kier molecular flexibility index (Phi) is 6.47.